The van der Waals surface area contributed by atoms with E-state index >= 15 is 0 Å². The van der Waals surface area contributed by atoms with Crippen molar-refractivity contribution in [2.75, 3.05) is 18.0 Å². The largest absolute Gasteiger partial charge is 0.371 e. The van der Waals surface area contributed by atoms with Gasteiger partial charge in [-0.25, -0.2) is 0 Å². The summed E-state index contributed by atoms with van der Waals surface area (Å²) in [6.07, 6.45) is 3.82. The molecular formula is C17H28ClN3O. The minimum Gasteiger partial charge on any atom is -0.371 e. The summed E-state index contributed by atoms with van der Waals surface area (Å²) >= 11 is 0. The zero-order chi connectivity index (χ0) is 15.2. The number of anilines is 1. The van der Waals surface area contributed by atoms with Crippen molar-refractivity contribution in [1.82, 2.24) is 5.32 Å². The number of para-hydroxylation sites is 1. The highest BCUT2D eigenvalue weighted by Gasteiger charge is 2.18. The highest BCUT2D eigenvalue weighted by atomic mass is 35.5. The van der Waals surface area contributed by atoms with E-state index in [0.29, 0.717) is 6.54 Å². The first-order valence-electron chi connectivity index (χ1n) is 7.95. The van der Waals surface area contributed by atoms with Crippen molar-refractivity contribution in [2.24, 2.45) is 11.7 Å². The SMILES string of the molecule is CC(C)[C@H](N)C(=O)NCc1ccccc1N1CCCCC1.Cl. The van der Waals surface area contributed by atoms with Crippen molar-refractivity contribution in [3.8, 4) is 0 Å². The summed E-state index contributed by atoms with van der Waals surface area (Å²) in [5.41, 5.74) is 8.30. The quantitative estimate of drug-likeness (QED) is 0.875. The van der Waals surface area contributed by atoms with Crippen LogP contribution in [-0.2, 0) is 11.3 Å². The lowest BCUT2D eigenvalue weighted by atomic mass is 10.0. The van der Waals surface area contributed by atoms with Gasteiger partial charge in [0.2, 0.25) is 5.91 Å². The highest BCUT2D eigenvalue weighted by Crippen LogP contribution is 2.24. The molecular weight excluding hydrogens is 298 g/mol. The molecule has 1 aromatic carbocycles. The molecule has 0 unspecified atom stereocenters. The summed E-state index contributed by atoms with van der Waals surface area (Å²) in [7, 11) is 0. The lowest BCUT2D eigenvalue weighted by Crippen LogP contribution is -2.43. The van der Waals surface area contributed by atoms with Crippen LogP contribution in [0.5, 0.6) is 0 Å². The predicted octanol–water partition coefficient (Wildman–Crippen LogP) is 2.70. The molecule has 2 rings (SSSR count). The number of nitrogens with two attached hydrogens (primary N) is 1. The summed E-state index contributed by atoms with van der Waals surface area (Å²) in [5.74, 6) is 0.0841. The zero-order valence-corrected chi connectivity index (χ0v) is 14.4. The number of hydrogen-bond acceptors (Lipinski definition) is 3. The second-order valence-corrected chi connectivity index (χ2v) is 6.16. The van der Waals surface area contributed by atoms with Crippen LogP contribution in [0.1, 0.15) is 38.7 Å². The summed E-state index contributed by atoms with van der Waals surface area (Å²) in [6.45, 7) is 6.69. The number of nitrogens with zero attached hydrogens (tertiary/aromatic N) is 1. The molecule has 0 bridgehead atoms. The Morgan fingerprint density at radius 1 is 1.23 bits per heavy atom. The van der Waals surface area contributed by atoms with Gasteiger partial charge in [-0.1, -0.05) is 32.0 Å². The Kier molecular flexibility index (Phi) is 7.69. The number of nitrogens with one attached hydrogen (secondary N) is 1. The highest BCUT2D eigenvalue weighted by molar-refractivity contribution is 5.85. The minimum atomic E-state index is -0.438. The number of piperidine rings is 1. The molecule has 0 aliphatic carbocycles. The molecule has 1 fully saturated rings. The van der Waals surface area contributed by atoms with E-state index in [1.54, 1.807) is 0 Å². The van der Waals surface area contributed by atoms with E-state index in [-0.39, 0.29) is 24.2 Å². The molecule has 4 nitrogen and oxygen atoms in total. The Morgan fingerprint density at radius 2 is 1.86 bits per heavy atom. The van der Waals surface area contributed by atoms with Crippen molar-refractivity contribution in [3.63, 3.8) is 0 Å². The number of benzene rings is 1. The summed E-state index contributed by atoms with van der Waals surface area (Å²) in [6, 6.07) is 7.89. The number of rotatable bonds is 5. The molecule has 0 aromatic heterocycles. The number of amides is 1. The molecule has 1 aliphatic rings. The Balaban J connectivity index is 0.00000242. The molecule has 0 saturated carbocycles. The molecule has 1 amide bonds. The fourth-order valence-electron chi connectivity index (χ4n) is 2.71. The van der Waals surface area contributed by atoms with Crippen molar-refractivity contribution >= 4 is 24.0 Å². The smallest absolute Gasteiger partial charge is 0.237 e. The number of halogens is 1. The molecule has 1 aromatic rings. The van der Waals surface area contributed by atoms with Crippen LogP contribution in [0.2, 0.25) is 0 Å². The Morgan fingerprint density at radius 3 is 2.50 bits per heavy atom. The summed E-state index contributed by atoms with van der Waals surface area (Å²) in [5, 5.41) is 2.97. The van der Waals surface area contributed by atoms with Gasteiger partial charge in [-0.15, -0.1) is 12.4 Å². The lowest BCUT2D eigenvalue weighted by Gasteiger charge is -2.30. The molecule has 5 heteroatoms. The topological polar surface area (TPSA) is 58.4 Å². The molecule has 0 radical (unpaired) electrons. The van der Waals surface area contributed by atoms with Crippen LogP contribution in [0.3, 0.4) is 0 Å². The van der Waals surface area contributed by atoms with Gasteiger partial charge in [0.1, 0.15) is 0 Å². The minimum absolute atomic E-state index is 0. The molecule has 124 valence electrons. The monoisotopic (exact) mass is 325 g/mol. The molecule has 22 heavy (non-hydrogen) atoms. The van der Waals surface area contributed by atoms with Crippen LogP contribution in [0.25, 0.3) is 0 Å². The van der Waals surface area contributed by atoms with Gasteiger partial charge in [-0.2, -0.15) is 0 Å². The zero-order valence-electron chi connectivity index (χ0n) is 13.5. The molecule has 1 aliphatic heterocycles. The summed E-state index contributed by atoms with van der Waals surface area (Å²) in [4.78, 5) is 14.4. The van der Waals surface area contributed by atoms with Crippen LogP contribution in [-0.4, -0.2) is 25.0 Å². The van der Waals surface area contributed by atoms with Crippen molar-refractivity contribution in [3.05, 3.63) is 29.8 Å². The van der Waals surface area contributed by atoms with Crippen LogP contribution < -0.4 is 16.0 Å². The van der Waals surface area contributed by atoms with Gasteiger partial charge in [0.15, 0.2) is 0 Å². The second-order valence-electron chi connectivity index (χ2n) is 6.16. The van der Waals surface area contributed by atoms with Crippen LogP contribution in [0.4, 0.5) is 5.69 Å². The standard InChI is InChI=1S/C17H27N3O.ClH/c1-13(2)16(18)17(21)19-12-14-8-4-5-9-15(14)20-10-6-3-7-11-20;/h4-5,8-9,13,16H,3,6-7,10-12,18H2,1-2H3,(H,19,21);1H/t16-;/m0./s1. The Labute approximate surface area is 139 Å². The van der Waals surface area contributed by atoms with Crippen molar-refractivity contribution < 1.29 is 4.79 Å². The molecule has 0 spiro atoms. The molecule has 3 N–H and O–H groups in total. The third-order valence-corrected chi connectivity index (χ3v) is 4.16. The van der Waals surface area contributed by atoms with Gasteiger partial charge in [0.05, 0.1) is 6.04 Å². The van der Waals surface area contributed by atoms with E-state index in [2.05, 4.69) is 28.4 Å². The average molecular weight is 326 g/mol. The van der Waals surface area contributed by atoms with Gasteiger partial charge < -0.3 is 16.0 Å². The van der Waals surface area contributed by atoms with E-state index in [4.69, 9.17) is 5.73 Å². The van der Waals surface area contributed by atoms with Gasteiger partial charge in [0, 0.05) is 25.3 Å². The average Bonchev–Trinajstić information content (AvgIpc) is 2.52. The van der Waals surface area contributed by atoms with Crippen LogP contribution in [0, 0.1) is 5.92 Å². The van der Waals surface area contributed by atoms with Gasteiger partial charge in [-0.3, -0.25) is 4.79 Å². The lowest BCUT2D eigenvalue weighted by molar-refractivity contribution is -0.123. The first-order chi connectivity index (χ1) is 10.1. The maximum absolute atomic E-state index is 12.0. The summed E-state index contributed by atoms with van der Waals surface area (Å²) < 4.78 is 0. The maximum Gasteiger partial charge on any atom is 0.237 e. The van der Waals surface area contributed by atoms with Gasteiger partial charge >= 0.3 is 0 Å². The maximum atomic E-state index is 12.0. The normalized spacial score (nSPS) is 16.1. The molecule has 1 saturated heterocycles. The predicted molar refractivity (Wildman–Crippen MR) is 94.4 cm³/mol. The first kappa shape index (κ1) is 18.8. The van der Waals surface area contributed by atoms with Crippen LogP contribution >= 0.6 is 12.4 Å². The number of hydrogen-bond donors (Lipinski definition) is 2. The molecule has 1 heterocycles. The van der Waals surface area contributed by atoms with Gasteiger partial charge in [-0.05, 0) is 36.8 Å². The van der Waals surface area contributed by atoms with E-state index in [1.165, 1.54) is 30.5 Å². The van der Waals surface area contributed by atoms with E-state index in [0.717, 1.165) is 13.1 Å². The van der Waals surface area contributed by atoms with Gasteiger partial charge in [0.25, 0.3) is 0 Å². The third kappa shape index (κ3) is 4.89. The number of carbonyl (C=O) groups excluding carboxylic acids is 1. The van der Waals surface area contributed by atoms with E-state index in [9.17, 15) is 4.79 Å². The third-order valence-electron chi connectivity index (χ3n) is 4.16. The van der Waals surface area contributed by atoms with Crippen LogP contribution in [0.15, 0.2) is 24.3 Å². The Hall–Kier alpha value is -1.26. The number of carbonyl (C=O) groups is 1. The van der Waals surface area contributed by atoms with Crippen molar-refractivity contribution in [2.45, 2.75) is 45.7 Å². The van der Waals surface area contributed by atoms with E-state index in [1.807, 2.05) is 19.9 Å². The van der Waals surface area contributed by atoms with E-state index < -0.39 is 6.04 Å². The fraction of sp³-hybridized carbons (Fsp3) is 0.588. The van der Waals surface area contributed by atoms with Crippen molar-refractivity contribution in [1.29, 1.82) is 0 Å². The fourth-order valence-corrected chi connectivity index (χ4v) is 2.71. The first-order valence-corrected chi connectivity index (χ1v) is 7.95. The second kappa shape index (κ2) is 9.01. The molecule has 1 atom stereocenters. The Bertz CT molecular complexity index is 473.